The summed E-state index contributed by atoms with van der Waals surface area (Å²) in [5.41, 5.74) is 3.61. The molecule has 1 saturated heterocycles. The number of nitro benzene ring substituents is 1. The molecule has 10 heteroatoms. The lowest BCUT2D eigenvalue weighted by Crippen LogP contribution is -2.46. The molecule has 0 saturated carbocycles. The first kappa shape index (κ1) is 21.5. The molecule has 1 N–H and O–H groups in total. The first-order chi connectivity index (χ1) is 16.7. The van der Waals surface area contributed by atoms with E-state index >= 15 is 0 Å². The number of nitrogens with one attached hydrogen (secondary N) is 1. The molecule has 0 aliphatic carbocycles. The zero-order chi connectivity index (χ0) is 23.5. The molecule has 0 spiro atoms. The summed E-state index contributed by atoms with van der Waals surface area (Å²) in [4.78, 5) is 15.9. The van der Waals surface area contributed by atoms with Gasteiger partial charge in [-0.2, -0.15) is 0 Å². The molecule has 0 atom stereocenters. The lowest BCUT2D eigenvalue weighted by molar-refractivity contribution is -0.382. The number of fused-ring (bicyclic) bond motifs is 1. The molecule has 0 bridgehead atoms. The van der Waals surface area contributed by atoms with E-state index < -0.39 is 4.92 Å². The molecule has 0 radical (unpaired) electrons. The molecule has 1 aromatic heterocycles. The van der Waals surface area contributed by atoms with Crippen molar-refractivity contribution in [2.24, 2.45) is 0 Å². The fourth-order valence-electron chi connectivity index (χ4n) is 4.35. The maximum Gasteiger partial charge on any atom is 0.323 e. The fraction of sp³-hybridized carbons (Fsp3) is 0.250. The number of para-hydroxylation sites is 2. The molecule has 3 aromatic carbocycles. The van der Waals surface area contributed by atoms with Gasteiger partial charge in [0.2, 0.25) is 5.52 Å². The van der Waals surface area contributed by atoms with E-state index in [0.717, 1.165) is 35.8 Å². The molecule has 4 aromatic rings. The lowest BCUT2D eigenvalue weighted by Gasteiger charge is -2.37. The van der Waals surface area contributed by atoms with Crippen LogP contribution in [0.5, 0.6) is 5.75 Å². The molecular weight excluding hydrogens is 436 g/mol. The van der Waals surface area contributed by atoms with Crippen molar-refractivity contribution in [1.82, 2.24) is 10.3 Å². The molecule has 10 nitrogen and oxygen atoms in total. The average Bonchev–Trinajstić information content (AvgIpc) is 3.37. The summed E-state index contributed by atoms with van der Waals surface area (Å²) in [5, 5.41) is 23.0. The van der Waals surface area contributed by atoms with E-state index in [9.17, 15) is 10.1 Å². The van der Waals surface area contributed by atoms with Gasteiger partial charge in [-0.05, 0) is 34.1 Å². The highest BCUT2D eigenvalue weighted by molar-refractivity contribution is 5.99. The van der Waals surface area contributed by atoms with Crippen LogP contribution in [-0.2, 0) is 6.54 Å². The van der Waals surface area contributed by atoms with Crippen LogP contribution in [-0.4, -0.2) is 48.5 Å². The summed E-state index contributed by atoms with van der Waals surface area (Å²) >= 11 is 0. The number of hydrogen-bond acceptors (Lipinski definition) is 9. The maximum absolute atomic E-state index is 11.9. The van der Waals surface area contributed by atoms with Crippen molar-refractivity contribution in [3.8, 4) is 5.75 Å². The monoisotopic (exact) mass is 460 g/mol. The van der Waals surface area contributed by atoms with Crippen LogP contribution in [0, 0.1) is 10.1 Å². The van der Waals surface area contributed by atoms with Crippen molar-refractivity contribution in [3.05, 3.63) is 76.3 Å². The molecule has 1 aliphatic heterocycles. The van der Waals surface area contributed by atoms with Crippen LogP contribution in [0.3, 0.4) is 0 Å². The van der Waals surface area contributed by atoms with Crippen LogP contribution in [0.15, 0.2) is 65.3 Å². The first-order valence-electron chi connectivity index (χ1n) is 11.0. The SMILES string of the molecule is COc1ccccc1N1CCN(c2cc(NCc3ccccc3)c([N+](=O)[O-])c3nonc23)CC1. The van der Waals surface area contributed by atoms with Crippen molar-refractivity contribution in [2.45, 2.75) is 6.54 Å². The number of piperazine rings is 1. The number of benzene rings is 3. The van der Waals surface area contributed by atoms with Crippen molar-refractivity contribution in [2.75, 3.05) is 48.4 Å². The van der Waals surface area contributed by atoms with E-state index in [4.69, 9.17) is 9.37 Å². The predicted octanol–water partition coefficient (Wildman–Crippen LogP) is 4.08. The second kappa shape index (κ2) is 9.26. The number of nitro groups is 1. The Morgan fingerprint density at radius 3 is 2.32 bits per heavy atom. The Kier molecular flexibility index (Phi) is 5.86. The van der Waals surface area contributed by atoms with Gasteiger partial charge in [-0.25, -0.2) is 4.63 Å². The highest BCUT2D eigenvalue weighted by atomic mass is 16.6. The molecular formula is C24H24N6O4. The Labute approximate surface area is 195 Å². The molecule has 0 unspecified atom stereocenters. The third kappa shape index (κ3) is 4.05. The van der Waals surface area contributed by atoms with Crippen LogP contribution >= 0.6 is 0 Å². The minimum Gasteiger partial charge on any atom is -0.495 e. The summed E-state index contributed by atoms with van der Waals surface area (Å²) < 4.78 is 10.5. The van der Waals surface area contributed by atoms with Crippen molar-refractivity contribution >= 4 is 33.8 Å². The zero-order valence-corrected chi connectivity index (χ0v) is 18.7. The number of methoxy groups -OCH3 is 1. The Hall–Kier alpha value is -4.34. The number of rotatable bonds is 7. The second-order valence-corrected chi connectivity index (χ2v) is 8.00. The molecule has 1 fully saturated rings. The van der Waals surface area contributed by atoms with Crippen molar-refractivity contribution in [3.63, 3.8) is 0 Å². The summed E-state index contributed by atoms with van der Waals surface area (Å²) in [7, 11) is 1.67. The topological polar surface area (TPSA) is 110 Å². The molecule has 2 heterocycles. The molecule has 5 rings (SSSR count). The Balaban J connectivity index is 1.44. The van der Waals surface area contributed by atoms with Gasteiger partial charge in [0.05, 0.1) is 23.4 Å². The lowest BCUT2D eigenvalue weighted by atomic mass is 10.1. The number of nitrogens with zero attached hydrogens (tertiary/aromatic N) is 5. The standard InChI is InChI=1S/C24H24N6O4/c1-33-21-10-6-5-9-19(21)28-11-13-29(14-12-28)20-15-18(25-16-17-7-3-2-4-8-17)24(30(31)32)23-22(20)26-34-27-23/h2-10,15,25H,11-14,16H2,1H3. The third-order valence-electron chi connectivity index (χ3n) is 6.05. The predicted molar refractivity (Wildman–Crippen MR) is 130 cm³/mol. The number of aromatic nitrogens is 2. The summed E-state index contributed by atoms with van der Waals surface area (Å²) in [5.74, 6) is 0.835. The van der Waals surface area contributed by atoms with Crippen LogP contribution in [0.4, 0.5) is 22.7 Å². The highest BCUT2D eigenvalue weighted by Crippen LogP contribution is 2.39. The largest absolute Gasteiger partial charge is 0.495 e. The quantitative estimate of drug-likeness (QED) is 0.322. The van der Waals surface area contributed by atoms with Gasteiger partial charge < -0.3 is 19.9 Å². The van der Waals surface area contributed by atoms with Crippen molar-refractivity contribution < 1.29 is 14.3 Å². The first-order valence-corrected chi connectivity index (χ1v) is 11.0. The number of hydrogen-bond donors (Lipinski definition) is 1. The van der Waals surface area contributed by atoms with E-state index in [2.05, 4.69) is 25.4 Å². The Bertz CT molecular complexity index is 1300. The van der Waals surface area contributed by atoms with Crippen molar-refractivity contribution in [1.29, 1.82) is 0 Å². The fourth-order valence-corrected chi connectivity index (χ4v) is 4.35. The van der Waals surface area contributed by atoms with Crippen LogP contribution < -0.4 is 19.9 Å². The van der Waals surface area contributed by atoms with Gasteiger partial charge in [-0.1, -0.05) is 42.5 Å². The smallest absolute Gasteiger partial charge is 0.323 e. The summed E-state index contributed by atoms with van der Waals surface area (Å²) in [6.45, 7) is 3.37. The van der Waals surface area contributed by atoms with E-state index in [-0.39, 0.29) is 11.2 Å². The number of ether oxygens (including phenoxy) is 1. The molecule has 174 valence electrons. The third-order valence-corrected chi connectivity index (χ3v) is 6.05. The van der Waals surface area contributed by atoms with Gasteiger partial charge in [0.1, 0.15) is 11.4 Å². The van der Waals surface area contributed by atoms with Crippen LogP contribution in [0.1, 0.15) is 5.56 Å². The molecule has 0 amide bonds. The minimum absolute atomic E-state index is 0.136. The molecule has 1 aliphatic rings. The maximum atomic E-state index is 11.9. The van der Waals surface area contributed by atoms with Gasteiger partial charge in [-0.15, -0.1) is 0 Å². The minimum atomic E-state index is -0.441. The van der Waals surface area contributed by atoms with E-state index in [1.54, 1.807) is 13.2 Å². The second-order valence-electron chi connectivity index (χ2n) is 8.00. The van der Waals surface area contributed by atoms with Gasteiger partial charge >= 0.3 is 5.69 Å². The highest BCUT2D eigenvalue weighted by Gasteiger charge is 2.29. The Morgan fingerprint density at radius 1 is 0.971 bits per heavy atom. The van der Waals surface area contributed by atoms with Gasteiger partial charge in [0, 0.05) is 32.7 Å². The van der Waals surface area contributed by atoms with Gasteiger partial charge in [0.15, 0.2) is 5.52 Å². The van der Waals surface area contributed by atoms with E-state index in [1.165, 1.54) is 0 Å². The van der Waals surface area contributed by atoms with Crippen LogP contribution in [0.2, 0.25) is 0 Å². The zero-order valence-electron chi connectivity index (χ0n) is 18.7. The van der Waals surface area contributed by atoms with E-state index in [0.29, 0.717) is 30.8 Å². The Morgan fingerprint density at radius 2 is 1.62 bits per heavy atom. The van der Waals surface area contributed by atoms with Crippen LogP contribution in [0.25, 0.3) is 11.0 Å². The average molecular weight is 460 g/mol. The van der Waals surface area contributed by atoms with Gasteiger partial charge in [-0.3, -0.25) is 10.1 Å². The van der Waals surface area contributed by atoms with E-state index in [1.807, 2.05) is 54.6 Å². The normalized spacial score (nSPS) is 13.8. The summed E-state index contributed by atoms with van der Waals surface area (Å²) in [6.07, 6.45) is 0. The number of anilines is 3. The molecule has 34 heavy (non-hydrogen) atoms. The van der Waals surface area contributed by atoms with Gasteiger partial charge in [0.25, 0.3) is 0 Å². The summed E-state index contributed by atoms with van der Waals surface area (Å²) in [6, 6.07) is 19.5.